The number of carboxylic acid groups (broad SMARTS) is 1. The number of carbonyl (C=O) groups is 3. The number of esters is 1. The van der Waals surface area contributed by atoms with Gasteiger partial charge in [-0.25, -0.2) is 14.4 Å². The average Bonchev–Trinajstić information content (AvgIpc) is 3.52. The number of ether oxygens (including phenoxy) is 2. The second-order valence-electron chi connectivity index (χ2n) is 11.8. The predicted molar refractivity (Wildman–Crippen MR) is 164 cm³/mol. The largest absolute Gasteiger partial charge is 0.480 e. The van der Waals surface area contributed by atoms with E-state index >= 15 is 0 Å². The summed E-state index contributed by atoms with van der Waals surface area (Å²) in [6, 6.07) is 18.2. The summed E-state index contributed by atoms with van der Waals surface area (Å²) in [5, 5.41) is 16.1. The highest BCUT2D eigenvalue weighted by atomic mass is 16.6. The third-order valence-corrected chi connectivity index (χ3v) is 8.44. The third kappa shape index (κ3) is 11.3. The number of nitrogens with one attached hydrogen (secondary N) is 2. The number of carboxylic acids is 1. The predicted octanol–water partition coefficient (Wildman–Crippen LogP) is 5.43. The molecule has 2 atom stereocenters. The Hall–Kier alpha value is -3.43. The van der Waals surface area contributed by atoms with Crippen molar-refractivity contribution < 1.29 is 29.0 Å². The summed E-state index contributed by atoms with van der Waals surface area (Å²) in [7, 11) is 0. The van der Waals surface area contributed by atoms with E-state index in [0.29, 0.717) is 13.0 Å². The van der Waals surface area contributed by atoms with Crippen LogP contribution in [0.5, 0.6) is 0 Å². The van der Waals surface area contributed by atoms with Crippen molar-refractivity contribution in [3.63, 3.8) is 0 Å². The Labute approximate surface area is 255 Å². The molecule has 0 radical (unpaired) electrons. The minimum atomic E-state index is -1.50. The molecule has 1 heterocycles. The Kier molecular flexibility index (Phi) is 13.3. The molecular weight excluding hydrogens is 546 g/mol. The lowest BCUT2D eigenvalue weighted by atomic mass is 9.91. The van der Waals surface area contributed by atoms with E-state index in [1.165, 1.54) is 69.1 Å². The Morgan fingerprint density at radius 2 is 1.23 bits per heavy atom. The van der Waals surface area contributed by atoms with E-state index in [9.17, 15) is 19.5 Å². The molecule has 9 nitrogen and oxygen atoms in total. The van der Waals surface area contributed by atoms with Gasteiger partial charge in [0.25, 0.3) is 0 Å². The smallest absolute Gasteiger partial charge is 0.410 e. The van der Waals surface area contributed by atoms with Gasteiger partial charge in [-0.15, -0.1) is 0 Å². The van der Waals surface area contributed by atoms with Crippen LogP contribution in [0.1, 0.15) is 81.8 Å². The summed E-state index contributed by atoms with van der Waals surface area (Å²) in [5.41, 5.74) is 1.65. The van der Waals surface area contributed by atoms with E-state index in [4.69, 9.17) is 9.47 Å². The summed E-state index contributed by atoms with van der Waals surface area (Å²) < 4.78 is 10.4. The number of nitrogens with zero attached hydrogens (tertiary/aromatic N) is 1. The highest BCUT2D eigenvalue weighted by molar-refractivity contribution is 5.98. The van der Waals surface area contributed by atoms with Gasteiger partial charge >= 0.3 is 18.0 Å². The molecule has 3 fully saturated rings. The fourth-order valence-electron chi connectivity index (χ4n) is 6.03. The first-order chi connectivity index (χ1) is 21.0. The van der Waals surface area contributed by atoms with Gasteiger partial charge < -0.3 is 24.8 Å². The monoisotopic (exact) mass is 593 g/mol. The van der Waals surface area contributed by atoms with E-state index in [1.54, 1.807) is 24.3 Å². The number of likely N-dealkylation sites (tertiary alicyclic amines) is 1. The molecule has 1 saturated heterocycles. The van der Waals surface area contributed by atoms with Gasteiger partial charge in [0, 0.05) is 31.2 Å². The van der Waals surface area contributed by atoms with E-state index < -0.39 is 24.1 Å². The summed E-state index contributed by atoms with van der Waals surface area (Å²) >= 11 is 0. The highest BCUT2D eigenvalue weighted by Crippen LogP contribution is 2.22. The van der Waals surface area contributed by atoms with Crippen molar-refractivity contribution in [2.75, 3.05) is 13.1 Å². The molecule has 0 aromatic heterocycles. The fraction of sp³-hybridized carbons (Fsp3) is 0.559. The molecule has 43 heavy (non-hydrogen) atoms. The number of hydrogen-bond acceptors (Lipinski definition) is 7. The topological polar surface area (TPSA) is 117 Å². The number of aliphatic carboxylic acids is 1. The SMILES string of the molecule is C1CCC(NC2CCCCC2)CC1.O=C(O)C(N[C@@H]1CCN(C(=O)OCc2ccccc2)C1)C(=O)OCc1ccccc1. The van der Waals surface area contributed by atoms with Crippen LogP contribution in [-0.2, 0) is 32.3 Å². The van der Waals surface area contributed by atoms with Crippen molar-refractivity contribution in [2.24, 2.45) is 0 Å². The van der Waals surface area contributed by atoms with E-state index in [2.05, 4.69) is 10.6 Å². The maximum atomic E-state index is 12.2. The van der Waals surface area contributed by atoms with E-state index in [-0.39, 0.29) is 25.8 Å². The van der Waals surface area contributed by atoms with Crippen LogP contribution in [0.2, 0.25) is 0 Å². The van der Waals surface area contributed by atoms with Gasteiger partial charge in [-0.2, -0.15) is 0 Å². The lowest BCUT2D eigenvalue weighted by molar-refractivity contribution is -0.156. The molecular formula is C34H47N3O6. The molecule has 2 aromatic carbocycles. The van der Waals surface area contributed by atoms with Crippen LogP contribution in [-0.4, -0.2) is 65.3 Å². The number of rotatable bonds is 10. The molecule has 0 bridgehead atoms. The molecule has 1 unspecified atom stereocenters. The standard InChI is InChI=1S/C22H24N2O6.C12H23N/c25-20(26)19(21(27)29-14-16-7-3-1-4-8-16)23-18-11-12-24(13-18)22(28)30-15-17-9-5-2-6-10-17;1-3-7-11(8-4-1)13-12-9-5-2-6-10-12/h1-10,18-19,23H,11-15H2,(H,25,26);11-13H,1-10H2/t18-,19?;/m1./s1. The first kappa shape index (κ1) is 32.5. The van der Waals surface area contributed by atoms with Crippen molar-refractivity contribution in [1.82, 2.24) is 15.5 Å². The summed E-state index contributed by atoms with van der Waals surface area (Å²) in [6.45, 7) is 0.825. The maximum absolute atomic E-state index is 12.2. The highest BCUT2D eigenvalue weighted by Gasteiger charge is 2.35. The quantitative estimate of drug-likeness (QED) is 0.247. The molecule has 0 spiro atoms. The van der Waals surface area contributed by atoms with Crippen molar-refractivity contribution >= 4 is 18.0 Å². The van der Waals surface area contributed by atoms with Crippen LogP contribution < -0.4 is 10.6 Å². The molecule has 5 rings (SSSR count). The molecule has 9 heteroatoms. The minimum absolute atomic E-state index is 0.00621. The fourth-order valence-corrected chi connectivity index (χ4v) is 6.03. The van der Waals surface area contributed by atoms with Gasteiger partial charge in [0.05, 0.1) is 0 Å². The van der Waals surface area contributed by atoms with Crippen LogP contribution >= 0.6 is 0 Å². The molecule has 2 saturated carbocycles. The number of carbonyl (C=O) groups excluding carboxylic acids is 2. The molecule has 3 N–H and O–H groups in total. The Bertz CT molecular complexity index is 1100. The number of amides is 1. The summed E-state index contributed by atoms with van der Waals surface area (Å²) in [4.78, 5) is 37.5. The Morgan fingerprint density at radius 3 is 1.74 bits per heavy atom. The Balaban J connectivity index is 0.000000269. The van der Waals surface area contributed by atoms with Crippen LogP contribution in [0.4, 0.5) is 4.79 Å². The third-order valence-electron chi connectivity index (χ3n) is 8.44. The van der Waals surface area contributed by atoms with Crippen LogP contribution in [0.15, 0.2) is 60.7 Å². The Morgan fingerprint density at radius 1 is 0.721 bits per heavy atom. The lowest BCUT2D eigenvalue weighted by Crippen LogP contribution is -2.50. The molecule has 1 aliphatic heterocycles. The maximum Gasteiger partial charge on any atom is 0.410 e. The lowest BCUT2D eigenvalue weighted by Gasteiger charge is -2.30. The molecule has 3 aliphatic rings. The first-order valence-electron chi connectivity index (χ1n) is 15.9. The van der Waals surface area contributed by atoms with Gasteiger partial charge in [-0.3, -0.25) is 5.32 Å². The zero-order chi connectivity index (χ0) is 30.3. The molecule has 234 valence electrons. The van der Waals surface area contributed by atoms with Crippen LogP contribution in [0, 0.1) is 0 Å². The summed E-state index contributed by atoms with van der Waals surface area (Å²) in [6.07, 6.45) is 14.6. The van der Waals surface area contributed by atoms with Gasteiger partial charge in [0.1, 0.15) is 13.2 Å². The van der Waals surface area contributed by atoms with Crippen molar-refractivity contribution in [3.05, 3.63) is 71.8 Å². The molecule has 2 aliphatic carbocycles. The van der Waals surface area contributed by atoms with Crippen molar-refractivity contribution in [1.29, 1.82) is 0 Å². The van der Waals surface area contributed by atoms with Crippen LogP contribution in [0.3, 0.4) is 0 Å². The first-order valence-corrected chi connectivity index (χ1v) is 15.9. The molecule has 2 aromatic rings. The average molecular weight is 594 g/mol. The van der Waals surface area contributed by atoms with Crippen molar-refractivity contribution in [2.45, 2.75) is 108 Å². The molecule has 1 amide bonds. The van der Waals surface area contributed by atoms with Gasteiger partial charge in [-0.05, 0) is 43.2 Å². The number of benzene rings is 2. The van der Waals surface area contributed by atoms with Gasteiger partial charge in [0.15, 0.2) is 0 Å². The second-order valence-corrected chi connectivity index (χ2v) is 11.8. The van der Waals surface area contributed by atoms with E-state index in [0.717, 1.165) is 23.2 Å². The second kappa shape index (κ2) is 17.6. The minimum Gasteiger partial charge on any atom is -0.480 e. The normalized spacial score (nSPS) is 20.0. The van der Waals surface area contributed by atoms with Gasteiger partial charge in [-0.1, -0.05) is 99.2 Å². The zero-order valence-electron chi connectivity index (χ0n) is 25.1. The zero-order valence-corrected chi connectivity index (χ0v) is 25.1. The van der Waals surface area contributed by atoms with E-state index in [1.807, 2.05) is 36.4 Å². The number of hydrogen-bond donors (Lipinski definition) is 3. The van der Waals surface area contributed by atoms with Crippen molar-refractivity contribution in [3.8, 4) is 0 Å². The summed E-state index contributed by atoms with van der Waals surface area (Å²) in [5.74, 6) is -2.19. The van der Waals surface area contributed by atoms with Gasteiger partial charge in [0.2, 0.25) is 6.04 Å². The van der Waals surface area contributed by atoms with Crippen LogP contribution in [0.25, 0.3) is 0 Å².